The van der Waals surface area contributed by atoms with Crippen molar-refractivity contribution in [2.75, 3.05) is 23.8 Å². The van der Waals surface area contributed by atoms with E-state index in [0.717, 1.165) is 21.6 Å². The first-order valence-electron chi connectivity index (χ1n) is 7.00. The number of anilines is 2. The molecule has 0 aliphatic rings. The zero-order valence-corrected chi connectivity index (χ0v) is 13.5. The summed E-state index contributed by atoms with van der Waals surface area (Å²) < 4.78 is 5.01. The molecule has 1 atom stereocenters. The Labute approximate surface area is 127 Å². The SMILES string of the molecule is CCNc1nc(NC(C)C(=O)OCC)c2cc(C)sc2n1. The van der Waals surface area contributed by atoms with Crippen molar-refractivity contribution in [1.82, 2.24) is 9.97 Å². The summed E-state index contributed by atoms with van der Waals surface area (Å²) in [4.78, 5) is 22.7. The molecule has 0 spiro atoms. The number of hydrogen-bond acceptors (Lipinski definition) is 7. The molecule has 0 radical (unpaired) electrons. The van der Waals surface area contributed by atoms with Crippen molar-refractivity contribution in [2.45, 2.75) is 33.7 Å². The third-order valence-electron chi connectivity index (χ3n) is 2.84. The van der Waals surface area contributed by atoms with E-state index in [2.05, 4.69) is 20.6 Å². The Kier molecular flexibility index (Phi) is 4.95. The number of hydrogen-bond donors (Lipinski definition) is 2. The largest absolute Gasteiger partial charge is 0.464 e. The lowest BCUT2D eigenvalue weighted by molar-refractivity contribution is -0.143. The van der Waals surface area contributed by atoms with Crippen molar-refractivity contribution in [3.05, 3.63) is 10.9 Å². The molecule has 21 heavy (non-hydrogen) atoms. The number of rotatable bonds is 6. The van der Waals surface area contributed by atoms with Crippen molar-refractivity contribution in [2.24, 2.45) is 0 Å². The second-order valence-corrected chi connectivity index (χ2v) is 5.85. The molecule has 0 fully saturated rings. The molecule has 2 rings (SSSR count). The molecule has 0 aromatic carbocycles. The van der Waals surface area contributed by atoms with Gasteiger partial charge in [-0.15, -0.1) is 11.3 Å². The molecule has 2 aromatic heterocycles. The number of fused-ring (bicyclic) bond motifs is 1. The van der Waals surface area contributed by atoms with Crippen LogP contribution in [0.3, 0.4) is 0 Å². The van der Waals surface area contributed by atoms with Crippen molar-refractivity contribution in [3.63, 3.8) is 0 Å². The zero-order chi connectivity index (χ0) is 15.4. The topological polar surface area (TPSA) is 76.1 Å². The first-order chi connectivity index (χ1) is 10.0. The molecular formula is C14H20N4O2S. The summed E-state index contributed by atoms with van der Waals surface area (Å²) in [5.41, 5.74) is 0. The maximum Gasteiger partial charge on any atom is 0.328 e. The van der Waals surface area contributed by atoms with Crippen LogP contribution in [0, 0.1) is 6.92 Å². The molecule has 0 amide bonds. The second kappa shape index (κ2) is 6.71. The van der Waals surface area contributed by atoms with Crippen molar-refractivity contribution in [3.8, 4) is 0 Å². The highest BCUT2D eigenvalue weighted by atomic mass is 32.1. The van der Waals surface area contributed by atoms with Gasteiger partial charge in [-0.05, 0) is 33.8 Å². The highest BCUT2D eigenvalue weighted by Gasteiger charge is 2.17. The summed E-state index contributed by atoms with van der Waals surface area (Å²) in [5, 5.41) is 7.15. The van der Waals surface area contributed by atoms with Crippen LogP contribution < -0.4 is 10.6 Å². The number of carbonyl (C=O) groups is 1. The highest BCUT2D eigenvalue weighted by molar-refractivity contribution is 7.18. The Hall–Kier alpha value is -1.89. The van der Waals surface area contributed by atoms with E-state index in [0.29, 0.717) is 18.4 Å². The molecule has 0 aliphatic heterocycles. The summed E-state index contributed by atoms with van der Waals surface area (Å²) in [6, 6.07) is 1.56. The molecule has 6 nitrogen and oxygen atoms in total. The minimum Gasteiger partial charge on any atom is -0.464 e. The minimum atomic E-state index is -0.460. The minimum absolute atomic E-state index is 0.291. The smallest absolute Gasteiger partial charge is 0.328 e. The van der Waals surface area contributed by atoms with Gasteiger partial charge in [0.25, 0.3) is 0 Å². The van der Waals surface area contributed by atoms with Gasteiger partial charge in [-0.2, -0.15) is 4.98 Å². The Morgan fingerprint density at radius 1 is 1.43 bits per heavy atom. The van der Waals surface area contributed by atoms with Crippen LogP contribution in [0.5, 0.6) is 0 Å². The van der Waals surface area contributed by atoms with Gasteiger partial charge < -0.3 is 15.4 Å². The summed E-state index contributed by atoms with van der Waals surface area (Å²) in [6.45, 7) is 8.67. The van der Waals surface area contributed by atoms with Crippen molar-refractivity contribution < 1.29 is 9.53 Å². The number of thiophene rings is 1. The van der Waals surface area contributed by atoms with Gasteiger partial charge in [0, 0.05) is 11.4 Å². The van der Waals surface area contributed by atoms with Crippen LogP contribution in [0.4, 0.5) is 11.8 Å². The van der Waals surface area contributed by atoms with Gasteiger partial charge in [-0.3, -0.25) is 0 Å². The molecule has 0 saturated carbocycles. The Morgan fingerprint density at radius 3 is 2.86 bits per heavy atom. The van der Waals surface area contributed by atoms with Crippen LogP contribution in [0.25, 0.3) is 10.2 Å². The number of ether oxygens (including phenoxy) is 1. The number of aromatic nitrogens is 2. The zero-order valence-electron chi connectivity index (χ0n) is 12.7. The maximum absolute atomic E-state index is 11.8. The summed E-state index contributed by atoms with van der Waals surface area (Å²) >= 11 is 1.60. The van der Waals surface area contributed by atoms with E-state index in [1.807, 2.05) is 19.9 Å². The number of aryl methyl sites for hydroxylation is 1. The molecule has 0 saturated heterocycles. The third-order valence-corrected chi connectivity index (χ3v) is 3.79. The number of carbonyl (C=O) groups excluding carboxylic acids is 1. The van der Waals surface area contributed by atoms with Gasteiger partial charge in [-0.1, -0.05) is 0 Å². The van der Waals surface area contributed by atoms with Gasteiger partial charge >= 0.3 is 5.97 Å². The lowest BCUT2D eigenvalue weighted by Crippen LogP contribution is -2.28. The molecule has 2 aromatic rings. The highest BCUT2D eigenvalue weighted by Crippen LogP contribution is 2.29. The van der Waals surface area contributed by atoms with E-state index in [-0.39, 0.29) is 5.97 Å². The van der Waals surface area contributed by atoms with Crippen LogP contribution >= 0.6 is 11.3 Å². The molecule has 2 heterocycles. The van der Waals surface area contributed by atoms with E-state index in [9.17, 15) is 4.79 Å². The molecule has 0 aliphatic carbocycles. The Bertz CT molecular complexity index is 641. The lowest BCUT2D eigenvalue weighted by atomic mass is 10.3. The average molecular weight is 308 g/mol. The first-order valence-corrected chi connectivity index (χ1v) is 7.82. The van der Waals surface area contributed by atoms with E-state index in [1.165, 1.54) is 0 Å². The standard InChI is InChI=1S/C14H20N4O2S/c1-5-15-14-17-11(16-9(4)13(19)20-6-2)10-7-8(3)21-12(10)18-14/h7,9H,5-6H2,1-4H3,(H2,15,16,17,18). The third kappa shape index (κ3) is 3.60. The number of esters is 1. The molecule has 1 unspecified atom stereocenters. The van der Waals surface area contributed by atoms with E-state index >= 15 is 0 Å². The predicted molar refractivity (Wildman–Crippen MR) is 86.0 cm³/mol. The normalized spacial score (nSPS) is 12.2. The van der Waals surface area contributed by atoms with E-state index in [4.69, 9.17) is 4.74 Å². The fraction of sp³-hybridized carbons (Fsp3) is 0.500. The molecule has 0 bridgehead atoms. The van der Waals surface area contributed by atoms with Crippen LogP contribution in [-0.4, -0.2) is 35.1 Å². The predicted octanol–water partition coefficient (Wildman–Crippen LogP) is 2.80. The van der Waals surface area contributed by atoms with E-state index < -0.39 is 6.04 Å². The Morgan fingerprint density at radius 2 is 2.19 bits per heavy atom. The summed E-state index contributed by atoms with van der Waals surface area (Å²) in [7, 11) is 0. The first kappa shape index (κ1) is 15.5. The van der Waals surface area contributed by atoms with Gasteiger partial charge in [0.05, 0.1) is 12.0 Å². The van der Waals surface area contributed by atoms with Crippen LogP contribution in [-0.2, 0) is 9.53 Å². The van der Waals surface area contributed by atoms with Crippen molar-refractivity contribution >= 4 is 39.3 Å². The second-order valence-electron chi connectivity index (χ2n) is 4.62. The molecule has 114 valence electrons. The molecule has 2 N–H and O–H groups in total. The monoisotopic (exact) mass is 308 g/mol. The summed E-state index contributed by atoms with van der Waals surface area (Å²) in [6.07, 6.45) is 0. The number of nitrogens with one attached hydrogen (secondary N) is 2. The van der Waals surface area contributed by atoms with Crippen LogP contribution in [0.1, 0.15) is 25.6 Å². The maximum atomic E-state index is 11.8. The quantitative estimate of drug-likeness (QED) is 0.799. The number of nitrogens with zero attached hydrogens (tertiary/aromatic N) is 2. The van der Waals surface area contributed by atoms with Crippen LogP contribution in [0.15, 0.2) is 6.07 Å². The van der Waals surface area contributed by atoms with E-state index in [1.54, 1.807) is 25.2 Å². The van der Waals surface area contributed by atoms with Gasteiger partial charge in [0.1, 0.15) is 16.7 Å². The summed E-state index contributed by atoms with van der Waals surface area (Å²) in [5.74, 6) is 0.924. The fourth-order valence-corrected chi connectivity index (χ4v) is 2.80. The van der Waals surface area contributed by atoms with Gasteiger partial charge in [-0.25, -0.2) is 9.78 Å². The molecule has 7 heteroatoms. The Balaban J connectivity index is 2.34. The molecular weight excluding hydrogens is 288 g/mol. The lowest BCUT2D eigenvalue weighted by Gasteiger charge is -2.14. The fourth-order valence-electron chi connectivity index (χ4n) is 1.92. The average Bonchev–Trinajstić information content (AvgIpc) is 2.80. The van der Waals surface area contributed by atoms with Gasteiger partial charge in [0.15, 0.2) is 0 Å². The van der Waals surface area contributed by atoms with Gasteiger partial charge in [0.2, 0.25) is 5.95 Å². The van der Waals surface area contributed by atoms with Crippen molar-refractivity contribution in [1.29, 1.82) is 0 Å². The van der Waals surface area contributed by atoms with Crippen LogP contribution in [0.2, 0.25) is 0 Å².